The quantitative estimate of drug-likeness (QED) is 0.0956. The topological polar surface area (TPSA) is 64.0 Å². The molecule has 0 unspecified atom stereocenters. The Balaban J connectivity index is 1.49. The molecule has 0 radical (unpaired) electrons. The molecule has 0 aliphatic rings. The van der Waals surface area contributed by atoms with Crippen LogP contribution >= 0.6 is 22.1 Å². The van der Waals surface area contributed by atoms with Crippen LogP contribution in [-0.4, -0.2) is 24.1 Å². The van der Waals surface area contributed by atoms with Crippen molar-refractivity contribution >= 4 is 38.0 Å². The highest BCUT2D eigenvalue weighted by molar-refractivity contribution is 8.32. The van der Waals surface area contributed by atoms with Gasteiger partial charge >= 0.3 is 10.1 Å². The van der Waals surface area contributed by atoms with E-state index in [-0.39, 0.29) is 5.78 Å². The van der Waals surface area contributed by atoms with Gasteiger partial charge in [0.2, 0.25) is 0 Å². The van der Waals surface area contributed by atoms with E-state index in [2.05, 4.69) is 3.63 Å². The zero-order valence-electron chi connectivity index (χ0n) is 21.8. The third-order valence-electron chi connectivity index (χ3n) is 6.11. The average Bonchev–Trinajstić information content (AvgIpc) is 2.97. The second-order valence-corrected chi connectivity index (χ2v) is 14.9. The average molecular weight is 608 g/mol. The summed E-state index contributed by atoms with van der Waals surface area (Å²) in [5, 5.41) is 0. The molecule has 5 aromatic carbocycles. The van der Waals surface area contributed by atoms with Gasteiger partial charge in [0.15, 0.2) is 5.78 Å². The van der Waals surface area contributed by atoms with Gasteiger partial charge in [-0.3, -0.25) is 8.42 Å². The second-order valence-electron chi connectivity index (χ2n) is 9.09. The van der Waals surface area contributed by atoms with Gasteiger partial charge in [0.1, 0.15) is 17.9 Å². The molecule has 0 amide bonds. The van der Waals surface area contributed by atoms with Gasteiger partial charge in [0.05, 0.1) is 25.0 Å². The van der Waals surface area contributed by atoms with Crippen molar-refractivity contribution in [3.05, 3.63) is 150 Å². The lowest BCUT2D eigenvalue weighted by atomic mass is 10.0. The second kappa shape index (κ2) is 12.0. The zero-order chi connectivity index (χ0) is 29.0. The Morgan fingerprint density at radius 2 is 0.976 bits per heavy atom. The lowest BCUT2D eigenvalue weighted by Gasteiger charge is -2.34. The van der Waals surface area contributed by atoms with Gasteiger partial charge in [-0.05, 0) is 97.1 Å². The highest BCUT2D eigenvalue weighted by atomic mass is 32.3. The van der Waals surface area contributed by atoms with E-state index in [1.54, 1.807) is 36.4 Å². The van der Waals surface area contributed by atoms with Crippen molar-refractivity contribution in [2.45, 2.75) is 24.5 Å². The maximum Gasteiger partial charge on any atom is 0.387 e. The molecule has 0 spiro atoms. The van der Waals surface area contributed by atoms with Gasteiger partial charge in [0, 0.05) is 20.9 Å². The first-order chi connectivity index (χ1) is 19.6. The molecule has 0 fully saturated rings. The van der Waals surface area contributed by atoms with Crippen molar-refractivity contribution in [3.8, 4) is 0 Å². The number of ketones is 1. The van der Waals surface area contributed by atoms with E-state index < -0.39 is 32.1 Å². The molecular formula is C32H25F2O4S3+. The van der Waals surface area contributed by atoms with E-state index in [0.717, 1.165) is 16.0 Å². The van der Waals surface area contributed by atoms with Crippen LogP contribution in [0.3, 0.4) is 0 Å². The number of benzene rings is 5. The Morgan fingerprint density at radius 3 is 1.41 bits per heavy atom. The summed E-state index contributed by atoms with van der Waals surface area (Å²) in [6, 6.07) is 34.8. The molecule has 0 saturated heterocycles. The van der Waals surface area contributed by atoms with Crippen molar-refractivity contribution in [2.24, 2.45) is 0 Å². The molecular weight excluding hydrogens is 583 g/mol. The summed E-state index contributed by atoms with van der Waals surface area (Å²) in [5.74, 6) is -0.991. The summed E-state index contributed by atoms with van der Waals surface area (Å²) < 4.78 is 57.4. The molecule has 1 N–H and O–H groups in total. The summed E-state index contributed by atoms with van der Waals surface area (Å²) in [6.07, 6.45) is 1.01. The predicted molar refractivity (Wildman–Crippen MR) is 160 cm³/mol. The Bertz CT molecular complexity index is 1710. The molecule has 4 nitrogen and oxygen atoms in total. The molecule has 208 valence electrons. The minimum Gasteiger partial charge on any atom is -0.289 e. The highest BCUT2D eigenvalue weighted by Crippen LogP contribution is 2.68. The van der Waals surface area contributed by atoms with Gasteiger partial charge in [-0.15, -0.1) is 0 Å². The van der Waals surface area contributed by atoms with Gasteiger partial charge in [-0.1, -0.05) is 42.1 Å². The van der Waals surface area contributed by atoms with Crippen molar-refractivity contribution in [1.29, 1.82) is 0 Å². The first-order valence-corrected chi connectivity index (χ1v) is 16.7. The minimum atomic E-state index is -3.89. The molecule has 0 heterocycles. The van der Waals surface area contributed by atoms with Crippen LogP contribution in [0.15, 0.2) is 152 Å². The molecule has 0 bridgehead atoms. The van der Waals surface area contributed by atoms with Crippen molar-refractivity contribution in [1.82, 2.24) is 0 Å². The van der Waals surface area contributed by atoms with Gasteiger partial charge in [0.25, 0.3) is 0 Å². The molecule has 0 saturated carbocycles. The lowest BCUT2D eigenvalue weighted by molar-refractivity contribution is 0.103. The highest BCUT2D eigenvalue weighted by Gasteiger charge is 2.41. The molecule has 0 atom stereocenters. The number of hydrogen-bond donors (Lipinski definition) is 0. The summed E-state index contributed by atoms with van der Waals surface area (Å²) in [4.78, 5) is 16.1. The van der Waals surface area contributed by atoms with Gasteiger partial charge < -0.3 is 0 Å². The predicted octanol–water partition coefficient (Wildman–Crippen LogP) is 8.60. The molecule has 0 aliphatic carbocycles. The van der Waals surface area contributed by atoms with E-state index in [0.29, 0.717) is 25.8 Å². The van der Waals surface area contributed by atoms with Crippen LogP contribution in [0.4, 0.5) is 8.78 Å². The fraction of sp³-hybridized carbons (Fsp3) is 0.0312. The van der Waals surface area contributed by atoms with Crippen LogP contribution in [0.25, 0.3) is 0 Å². The molecule has 0 aliphatic heterocycles. The summed E-state index contributed by atoms with van der Waals surface area (Å²) in [7, 11) is -6.69. The summed E-state index contributed by atoms with van der Waals surface area (Å²) >= 11 is 1.48. The minimum absolute atomic E-state index is 0.0537. The number of hydrogen-bond acceptors (Lipinski definition) is 4. The van der Waals surface area contributed by atoms with E-state index >= 15 is 0 Å². The molecule has 0 aromatic heterocycles. The first kappa shape index (κ1) is 28.8. The van der Waals surface area contributed by atoms with Crippen LogP contribution < -0.4 is 0 Å². The number of halogens is 2. The Labute approximate surface area is 243 Å². The number of carbonyl (C=O) groups is 1. The van der Waals surface area contributed by atoms with Crippen molar-refractivity contribution in [3.63, 3.8) is 0 Å². The molecule has 41 heavy (non-hydrogen) atoms. The third kappa shape index (κ3) is 6.60. The monoisotopic (exact) mass is 607 g/mol. The molecule has 5 aromatic rings. The summed E-state index contributed by atoms with van der Waals surface area (Å²) in [5.41, 5.74) is 1.21. The van der Waals surface area contributed by atoms with E-state index in [1.807, 2.05) is 42.5 Å². The van der Waals surface area contributed by atoms with Gasteiger partial charge in [-0.25, -0.2) is 8.78 Å². The standard InChI is InChI=1S/C32H24F2O4S3/c1-40(36,37)38-41(29-17-9-25(33)10-18-29,30-19-11-26(34)12-20-30)31-21-15-28(16-22-31)39-27-13-7-24(8-14-27)32(35)23-5-3-2-4-6-23/h2-22H,1H3/p+1. The Morgan fingerprint density at radius 1 is 0.585 bits per heavy atom. The van der Waals surface area contributed by atoms with Crippen LogP contribution in [0.2, 0.25) is 0 Å². The SMILES string of the molecule is CS(=O)(=O)[OH+]S(c1ccc(F)cc1)(c1ccc(F)cc1)c1ccc(Sc2ccc(C(=O)c3ccccc3)cc2)cc1. The van der Waals surface area contributed by atoms with E-state index in [1.165, 1.54) is 60.3 Å². The van der Waals surface area contributed by atoms with Crippen molar-refractivity contribution < 1.29 is 25.6 Å². The molecule has 9 heteroatoms. The smallest absolute Gasteiger partial charge is 0.289 e. The lowest BCUT2D eigenvalue weighted by Crippen LogP contribution is -2.17. The van der Waals surface area contributed by atoms with E-state index in [9.17, 15) is 22.0 Å². The maximum absolute atomic E-state index is 13.9. The Hall–Kier alpha value is -3.76. The van der Waals surface area contributed by atoms with Crippen LogP contribution in [0.5, 0.6) is 0 Å². The van der Waals surface area contributed by atoms with Gasteiger partial charge in [-0.2, -0.15) is 8.42 Å². The first-order valence-electron chi connectivity index (χ1n) is 12.4. The Kier molecular flexibility index (Phi) is 8.42. The third-order valence-corrected chi connectivity index (χ3v) is 12.0. The zero-order valence-corrected chi connectivity index (χ0v) is 24.2. The normalized spacial score (nSPS) is 12.2. The van der Waals surface area contributed by atoms with Crippen LogP contribution in [-0.2, 0) is 10.1 Å². The van der Waals surface area contributed by atoms with Crippen LogP contribution in [0.1, 0.15) is 15.9 Å². The number of carbonyl (C=O) groups excluding carboxylic acids is 1. The summed E-state index contributed by atoms with van der Waals surface area (Å²) in [6.45, 7) is 0. The van der Waals surface area contributed by atoms with E-state index in [4.69, 9.17) is 0 Å². The maximum atomic E-state index is 13.9. The van der Waals surface area contributed by atoms with Crippen molar-refractivity contribution in [2.75, 3.05) is 6.26 Å². The fourth-order valence-electron chi connectivity index (χ4n) is 4.27. The molecule has 5 rings (SSSR count). The number of rotatable bonds is 9. The fourth-order valence-corrected chi connectivity index (χ4v) is 10.2. The largest absolute Gasteiger partial charge is 0.387 e. The van der Waals surface area contributed by atoms with Crippen LogP contribution in [0, 0.1) is 11.6 Å².